The Kier molecular flexibility index (Phi) is 3.31. The quantitative estimate of drug-likeness (QED) is 0.822. The van der Waals surface area contributed by atoms with Gasteiger partial charge in [0.25, 0.3) is 5.78 Å². The highest BCUT2D eigenvalue weighted by molar-refractivity contribution is 6.29. The van der Waals surface area contributed by atoms with Crippen LogP contribution in [0.15, 0.2) is 12.4 Å². The first kappa shape index (κ1) is 12.9. The minimum absolute atomic E-state index is 0.0352. The molecule has 9 heteroatoms. The Hall–Kier alpha value is -2.09. The van der Waals surface area contributed by atoms with E-state index in [1.165, 1.54) is 13.4 Å². The van der Waals surface area contributed by atoms with Gasteiger partial charge in [-0.05, 0) is 6.42 Å². The molecule has 1 atom stereocenters. The molecule has 0 radical (unpaired) electrons. The van der Waals surface area contributed by atoms with Crippen LogP contribution in [0, 0.1) is 0 Å². The Morgan fingerprint density at radius 3 is 3.25 bits per heavy atom. The summed E-state index contributed by atoms with van der Waals surface area (Å²) >= 11 is 5.99. The monoisotopic (exact) mass is 296 g/mol. The zero-order valence-electron chi connectivity index (χ0n) is 10.8. The van der Waals surface area contributed by atoms with Crippen molar-refractivity contribution in [1.82, 2.24) is 24.9 Å². The first-order chi connectivity index (χ1) is 9.67. The summed E-state index contributed by atoms with van der Waals surface area (Å²) in [6, 6.07) is 1.77. The van der Waals surface area contributed by atoms with Gasteiger partial charge in [-0.15, -0.1) is 0 Å². The van der Waals surface area contributed by atoms with E-state index in [0.29, 0.717) is 17.5 Å². The molecule has 0 bridgehead atoms. The number of ether oxygens (including phenoxy) is 1. The fourth-order valence-corrected chi connectivity index (χ4v) is 2.48. The summed E-state index contributed by atoms with van der Waals surface area (Å²) in [5.74, 6) is 1.27. The SMILES string of the molecule is COC(=O)NC1CCN(c2cc(Cl)nc3ncnn23)C1. The molecule has 20 heavy (non-hydrogen) atoms. The molecule has 3 rings (SSSR count). The summed E-state index contributed by atoms with van der Waals surface area (Å²) < 4.78 is 6.23. The van der Waals surface area contributed by atoms with Gasteiger partial charge in [0.1, 0.15) is 17.3 Å². The molecule has 1 saturated heterocycles. The molecule has 3 heterocycles. The van der Waals surface area contributed by atoms with Crippen molar-refractivity contribution in [3.8, 4) is 0 Å². The van der Waals surface area contributed by atoms with E-state index >= 15 is 0 Å². The zero-order chi connectivity index (χ0) is 14.1. The van der Waals surface area contributed by atoms with E-state index in [1.54, 1.807) is 10.6 Å². The number of anilines is 1. The maximum absolute atomic E-state index is 11.2. The molecule has 0 aromatic carbocycles. The number of fused-ring (bicyclic) bond motifs is 1. The number of methoxy groups -OCH3 is 1. The second-order valence-corrected chi connectivity index (χ2v) is 4.86. The van der Waals surface area contributed by atoms with Gasteiger partial charge in [0, 0.05) is 19.2 Å². The Bertz CT molecular complexity index is 645. The number of carbonyl (C=O) groups is 1. The lowest BCUT2D eigenvalue weighted by Crippen LogP contribution is -2.37. The fourth-order valence-electron chi connectivity index (χ4n) is 2.31. The lowest BCUT2D eigenvalue weighted by molar-refractivity contribution is 0.167. The number of alkyl carbamates (subject to hydrolysis) is 1. The van der Waals surface area contributed by atoms with E-state index in [-0.39, 0.29) is 6.04 Å². The minimum atomic E-state index is -0.421. The molecular weight excluding hydrogens is 284 g/mol. The number of amides is 1. The van der Waals surface area contributed by atoms with Crippen LogP contribution in [-0.2, 0) is 4.74 Å². The van der Waals surface area contributed by atoms with Gasteiger partial charge in [-0.3, -0.25) is 0 Å². The highest BCUT2D eigenvalue weighted by Crippen LogP contribution is 2.23. The lowest BCUT2D eigenvalue weighted by atomic mass is 10.3. The second-order valence-electron chi connectivity index (χ2n) is 4.48. The van der Waals surface area contributed by atoms with Crippen molar-refractivity contribution in [3.05, 3.63) is 17.5 Å². The number of hydrogen-bond donors (Lipinski definition) is 1. The first-order valence-electron chi connectivity index (χ1n) is 6.13. The van der Waals surface area contributed by atoms with Crippen LogP contribution in [0.5, 0.6) is 0 Å². The number of carbonyl (C=O) groups excluding carboxylic acids is 1. The van der Waals surface area contributed by atoms with Gasteiger partial charge < -0.3 is 15.0 Å². The van der Waals surface area contributed by atoms with Gasteiger partial charge >= 0.3 is 6.09 Å². The second kappa shape index (κ2) is 5.12. The molecule has 1 unspecified atom stereocenters. The topological polar surface area (TPSA) is 84.6 Å². The van der Waals surface area contributed by atoms with Crippen LogP contribution in [0.25, 0.3) is 5.78 Å². The molecule has 0 saturated carbocycles. The molecule has 2 aromatic heterocycles. The van der Waals surface area contributed by atoms with Crippen molar-refractivity contribution in [2.45, 2.75) is 12.5 Å². The van der Waals surface area contributed by atoms with Gasteiger partial charge in [-0.1, -0.05) is 11.6 Å². The first-order valence-corrected chi connectivity index (χ1v) is 6.51. The van der Waals surface area contributed by atoms with Gasteiger partial charge in [-0.2, -0.15) is 19.6 Å². The van der Waals surface area contributed by atoms with Gasteiger partial charge in [0.2, 0.25) is 0 Å². The Balaban J connectivity index is 1.82. The fraction of sp³-hybridized carbons (Fsp3) is 0.455. The number of aromatic nitrogens is 4. The minimum Gasteiger partial charge on any atom is -0.453 e. The third-order valence-electron chi connectivity index (χ3n) is 3.22. The Morgan fingerprint density at radius 2 is 2.45 bits per heavy atom. The number of nitrogens with zero attached hydrogens (tertiary/aromatic N) is 5. The molecule has 0 spiro atoms. The van der Waals surface area contributed by atoms with Crippen molar-refractivity contribution in [2.24, 2.45) is 0 Å². The standard InChI is InChI=1S/C11H13ClN6O2/c1-20-11(19)15-7-2-3-17(5-7)9-4-8(12)16-10-13-6-14-18(9)10/h4,6-7H,2-3,5H2,1H3,(H,15,19). The van der Waals surface area contributed by atoms with Gasteiger partial charge in [0.05, 0.1) is 13.2 Å². The number of nitrogens with one attached hydrogen (secondary N) is 1. The average Bonchev–Trinajstić information content (AvgIpc) is 3.06. The number of hydrogen-bond acceptors (Lipinski definition) is 6. The van der Waals surface area contributed by atoms with Crippen LogP contribution in [0.3, 0.4) is 0 Å². The molecule has 2 aromatic rings. The maximum atomic E-state index is 11.2. The predicted molar refractivity (Wildman–Crippen MR) is 72.0 cm³/mol. The number of rotatable bonds is 2. The molecule has 1 aliphatic heterocycles. The molecule has 0 aliphatic carbocycles. The Morgan fingerprint density at radius 1 is 1.60 bits per heavy atom. The highest BCUT2D eigenvalue weighted by atomic mass is 35.5. The third kappa shape index (κ3) is 2.34. The molecule has 1 aliphatic rings. The van der Waals surface area contributed by atoms with Crippen LogP contribution >= 0.6 is 11.6 Å². The normalized spacial score (nSPS) is 18.5. The smallest absolute Gasteiger partial charge is 0.407 e. The molecular formula is C11H13ClN6O2. The van der Waals surface area contributed by atoms with Crippen molar-refractivity contribution < 1.29 is 9.53 Å². The molecule has 8 nitrogen and oxygen atoms in total. The Labute approximate surface area is 119 Å². The molecule has 106 valence electrons. The van der Waals surface area contributed by atoms with Crippen LogP contribution < -0.4 is 10.2 Å². The summed E-state index contributed by atoms with van der Waals surface area (Å²) in [5.41, 5.74) is 0. The van der Waals surface area contributed by atoms with E-state index in [9.17, 15) is 4.79 Å². The van der Waals surface area contributed by atoms with Crippen LogP contribution in [-0.4, -0.2) is 51.9 Å². The van der Waals surface area contributed by atoms with Crippen molar-refractivity contribution in [1.29, 1.82) is 0 Å². The van der Waals surface area contributed by atoms with Crippen molar-refractivity contribution in [2.75, 3.05) is 25.1 Å². The summed E-state index contributed by atoms with van der Waals surface area (Å²) in [6.07, 6.45) is 1.84. The van der Waals surface area contributed by atoms with Crippen molar-refractivity contribution in [3.63, 3.8) is 0 Å². The number of halogens is 1. The van der Waals surface area contributed by atoms with E-state index in [4.69, 9.17) is 11.6 Å². The van der Waals surface area contributed by atoms with E-state index < -0.39 is 6.09 Å². The summed E-state index contributed by atoms with van der Waals surface area (Å²) in [4.78, 5) is 21.4. The molecule has 1 fully saturated rings. The average molecular weight is 297 g/mol. The molecule has 1 amide bonds. The van der Waals surface area contributed by atoms with E-state index in [1.807, 2.05) is 0 Å². The van der Waals surface area contributed by atoms with Crippen LogP contribution in [0.1, 0.15) is 6.42 Å². The lowest BCUT2D eigenvalue weighted by Gasteiger charge is -2.19. The predicted octanol–water partition coefficient (Wildman–Crippen LogP) is 0.712. The van der Waals surface area contributed by atoms with E-state index in [0.717, 1.165) is 18.8 Å². The van der Waals surface area contributed by atoms with Crippen LogP contribution in [0.4, 0.5) is 10.6 Å². The van der Waals surface area contributed by atoms with E-state index in [2.05, 4.69) is 30.0 Å². The molecule has 1 N–H and O–H groups in total. The summed E-state index contributed by atoms with van der Waals surface area (Å²) in [5, 5.41) is 7.29. The summed E-state index contributed by atoms with van der Waals surface area (Å²) in [7, 11) is 1.35. The zero-order valence-corrected chi connectivity index (χ0v) is 11.5. The van der Waals surface area contributed by atoms with Gasteiger partial charge in [0.15, 0.2) is 0 Å². The van der Waals surface area contributed by atoms with Gasteiger partial charge in [-0.25, -0.2) is 4.79 Å². The largest absolute Gasteiger partial charge is 0.453 e. The van der Waals surface area contributed by atoms with Crippen LogP contribution in [0.2, 0.25) is 5.15 Å². The maximum Gasteiger partial charge on any atom is 0.407 e. The summed E-state index contributed by atoms with van der Waals surface area (Å²) in [6.45, 7) is 1.44. The van der Waals surface area contributed by atoms with Crippen molar-refractivity contribution >= 4 is 29.3 Å². The highest BCUT2D eigenvalue weighted by Gasteiger charge is 2.26. The third-order valence-corrected chi connectivity index (χ3v) is 3.42.